The van der Waals surface area contributed by atoms with Crippen molar-refractivity contribution in [3.05, 3.63) is 35.9 Å². The summed E-state index contributed by atoms with van der Waals surface area (Å²) in [6.07, 6.45) is 2.94. The zero-order valence-corrected chi connectivity index (χ0v) is 9.54. The number of aliphatic hydroxyl groups is 1. The standard InChI is InChI=1S/C12H17NO.ClH/c13-12(9-14)7-6-11(8-12)10-4-2-1-3-5-10;/h1-5,11,14H,6-9,13H2;1H/t11-,12+;/m0./s1. The summed E-state index contributed by atoms with van der Waals surface area (Å²) in [5.74, 6) is 0.536. The summed E-state index contributed by atoms with van der Waals surface area (Å²) < 4.78 is 0. The van der Waals surface area contributed by atoms with E-state index in [4.69, 9.17) is 10.8 Å². The molecule has 0 aliphatic heterocycles. The molecule has 1 saturated carbocycles. The fourth-order valence-corrected chi connectivity index (χ4v) is 2.31. The van der Waals surface area contributed by atoms with Gasteiger partial charge >= 0.3 is 0 Å². The Morgan fingerprint density at radius 3 is 2.53 bits per heavy atom. The van der Waals surface area contributed by atoms with E-state index in [-0.39, 0.29) is 24.6 Å². The summed E-state index contributed by atoms with van der Waals surface area (Å²) in [4.78, 5) is 0. The quantitative estimate of drug-likeness (QED) is 0.813. The van der Waals surface area contributed by atoms with Crippen LogP contribution in [0.25, 0.3) is 0 Å². The first-order chi connectivity index (χ1) is 6.73. The Morgan fingerprint density at radius 1 is 1.33 bits per heavy atom. The van der Waals surface area contributed by atoms with Crippen LogP contribution in [0.3, 0.4) is 0 Å². The summed E-state index contributed by atoms with van der Waals surface area (Å²) in [5, 5.41) is 9.16. The van der Waals surface area contributed by atoms with Crippen molar-refractivity contribution in [3.63, 3.8) is 0 Å². The number of halogens is 1. The van der Waals surface area contributed by atoms with Gasteiger partial charge in [0.2, 0.25) is 0 Å². The van der Waals surface area contributed by atoms with Crippen LogP contribution in [0.5, 0.6) is 0 Å². The monoisotopic (exact) mass is 227 g/mol. The van der Waals surface area contributed by atoms with E-state index >= 15 is 0 Å². The van der Waals surface area contributed by atoms with Crippen LogP contribution in [0.2, 0.25) is 0 Å². The van der Waals surface area contributed by atoms with E-state index in [1.807, 2.05) is 6.07 Å². The zero-order valence-electron chi connectivity index (χ0n) is 8.73. The molecule has 3 heteroatoms. The average Bonchev–Trinajstić information content (AvgIpc) is 2.63. The number of nitrogens with two attached hydrogens (primary N) is 1. The summed E-state index contributed by atoms with van der Waals surface area (Å²) in [7, 11) is 0. The highest BCUT2D eigenvalue weighted by atomic mass is 35.5. The Bertz CT molecular complexity index is 304. The molecule has 2 atom stereocenters. The van der Waals surface area contributed by atoms with E-state index in [9.17, 15) is 0 Å². The minimum atomic E-state index is -0.333. The maximum atomic E-state index is 9.16. The normalized spacial score (nSPS) is 29.9. The van der Waals surface area contributed by atoms with Crippen LogP contribution in [0, 0.1) is 0 Å². The molecule has 0 heterocycles. The Labute approximate surface area is 96.9 Å². The predicted molar refractivity (Wildman–Crippen MR) is 64.3 cm³/mol. The summed E-state index contributed by atoms with van der Waals surface area (Å²) in [5.41, 5.74) is 7.06. The predicted octanol–water partition coefficient (Wildman–Crippen LogP) is 2.07. The lowest BCUT2D eigenvalue weighted by Crippen LogP contribution is -2.40. The van der Waals surface area contributed by atoms with Crippen molar-refractivity contribution in [2.24, 2.45) is 5.73 Å². The lowest BCUT2D eigenvalue weighted by Gasteiger charge is -2.20. The first kappa shape index (κ1) is 12.5. The van der Waals surface area contributed by atoms with Crippen LogP contribution in [-0.2, 0) is 0 Å². The van der Waals surface area contributed by atoms with Crippen LogP contribution in [-0.4, -0.2) is 17.3 Å². The molecule has 0 unspecified atom stereocenters. The van der Waals surface area contributed by atoms with Crippen molar-refractivity contribution >= 4 is 12.4 Å². The number of aliphatic hydroxyl groups excluding tert-OH is 1. The number of rotatable bonds is 2. The fourth-order valence-electron chi connectivity index (χ4n) is 2.31. The van der Waals surface area contributed by atoms with Gasteiger partial charge < -0.3 is 10.8 Å². The van der Waals surface area contributed by atoms with Gasteiger partial charge in [-0.1, -0.05) is 30.3 Å². The maximum absolute atomic E-state index is 9.16. The van der Waals surface area contributed by atoms with Gasteiger partial charge in [-0.15, -0.1) is 12.4 Å². The van der Waals surface area contributed by atoms with Crippen LogP contribution in [0.15, 0.2) is 30.3 Å². The first-order valence-electron chi connectivity index (χ1n) is 5.18. The lowest BCUT2D eigenvalue weighted by molar-refractivity contribution is 0.198. The van der Waals surface area contributed by atoms with Crippen LogP contribution in [0.1, 0.15) is 30.7 Å². The highest BCUT2D eigenvalue weighted by Gasteiger charge is 2.35. The van der Waals surface area contributed by atoms with E-state index in [0.29, 0.717) is 5.92 Å². The molecule has 1 aromatic carbocycles. The largest absolute Gasteiger partial charge is 0.394 e. The molecular weight excluding hydrogens is 210 g/mol. The van der Waals surface area contributed by atoms with E-state index in [1.54, 1.807) is 0 Å². The van der Waals surface area contributed by atoms with Crippen LogP contribution >= 0.6 is 12.4 Å². The third kappa shape index (κ3) is 2.71. The van der Waals surface area contributed by atoms with Crippen LogP contribution < -0.4 is 5.73 Å². The minimum absolute atomic E-state index is 0. The molecule has 1 aliphatic carbocycles. The second-order valence-corrected chi connectivity index (χ2v) is 4.37. The van der Waals surface area contributed by atoms with Crippen molar-refractivity contribution in [2.45, 2.75) is 30.7 Å². The first-order valence-corrected chi connectivity index (χ1v) is 5.18. The van der Waals surface area contributed by atoms with Crippen LogP contribution in [0.4, 0.5) is 0 Å². The van der Waals surface area contributed by atoms with Crippen molar-refractivity contribution in [3.8, 4) is 0 Å². The van der Waals surface area contributed by atoms with Gasteiger partial charge in [-0.25, -0.2) is 0 Å². The molecule has 0 aromatic heterocycles. The van der Waals surface area contributed by atoms with Gasteiger partial charge in [0.15, 0.2) is 0 Å². The second kappa shape index (κ2) is 4.97. The van der Waals surface area contributed by atoms with Gasteiger partial charge in [0.25, 0.3) is 0 Å². The van der Waals surface area contributed by atoms with Crippen molar-refractivity contribution in [1.29, 1.82) is 0 Å². The Kier molecular flexibility index (Phi) is 4.14. The summed E-state index contributed by atoms with van der Waals surface area (Å²) >= 11 is 0. The molecule has 1 aromatic rings. The molecule has 0 saturated heterocycles. The second-order valence-electron chi connectivity index (χ2n) is 4.37. The van der Waals surface area contributed by atoms with Crippen molar-refractivity contribution < 1.29 is 5.11 Å². The smallest absolute Gasteiger partial charge is 0.0611 e. The Hall–Kier alpha value is -0.570. The van der Waals surface area contributed by atoms with E-state index in [1.165, 1.54) is 5.56 Å². The van der Waals surface area contributed by atoms with Gasteiger partial charge in [0.1, 0.15) is 0 Å². The van der Waals surface area contributed by atoms with E-state index < -0.39 is 0 Å². The number of hydrogen-bond acceptors (Lipinski definition) is 2. The summed E-state index contributed by atoms with van der Waals surface area (Å²) in [6.45, 7) is 0.107. The molecule has 1 aliphatic rings. The molecule has 1 fully saturated rings. The third-order valence-corrected chi connectivity index (χ3v) is 3.23. The summed E-state index contributed by atoms with van der Waals surface area (Å²) in [6, 6.07) is 10.4. The molecule has 3 N–H and O–H groups in total. The maximum Gasteiger partial charge on any atom is 0.0611 e. The molecule has 84 valence electrons. The molecule has 0 bridgehead atoms. The van der Waals surface area contributed by atoms with Gasteiger partial charge in [-0.2, -0.15) is 0 Å². The van der Waals surface area contributed by atoms with Gasteiger partial charge in [-0.05, 0) is 30.7 Å². The van der Waals surface area contributed by atoms with E-state index in [2.05, 4.69) is 24.3 Å². The van der Waals surface area contributed by atoms with Gasteiger partial charge in [0.05, 0.1) is 6.61 Å². The molecular formula is C12H18ClNO. The SMILES string of the molecule is Cl.N[C@]1(CO)CC[C@H](c2ccccc2)C1. The Balaban J connectivity index is 0.00000112. The van der Waals surface area contributed by atoms with Crippen molar-refractivity contribution in [1.82, 2.24) is 0 Å². The zero-order chi connectivity index (χ0) is 10.0. The highest BCUT2D eigenvalue weighted by Crippen LogP contribution is 2.39. The molecule has 0 amide bonds. The van der Waals surface area contributed by atoms with Crippen molar-refractivity contribution in [2.75, 3.05) is 6.61 Å². The third-order valence-electron chi connectivity index (χ3n) is 3.23. The molecule has 2 rings (SSSR count). The molecule has 0 radical (unpaired) electrons. The van der Waals surface area contributed by atoms with Gasteiger partial charge in [0, 0.05) is 5.54 Å². The van der Waals surface area contributed by atoms with E-state index in [0.717, 1.165) is 19.3 Å². The molecule has 2 nitrogen and oxygen atoms in total. The molecule has 15 heavy (non-hydrogen) atoms. The highest BCUT2D eigenvalue weighted by molar-refractivity contribution is 5.85. The molecule has 0 spiro atoms. The number of benzene rings is 1. The minimum Gasteiger partial charge on any atom is -0.394 e. The number of hydrogen-bond donors (Lipinski definition) is 2. The topological polar surface area (TPSA) is 46.2 Å². The lowest BCUT2D eigenvalue weighted by atomic mass is 9.94. The average molecular weight is 228 g/mol. The van der Waals surface area contributed by atoms with Gasteiger partial charge in [-0.3, -0.25) is 0 Å². The Morgan fingerprint density at radius 2 is 2.00 bits per heavy atom. The fraction of sp³-hybridized carbons (Fsp3) is 0.500.